The molecule has 0 aromatic rings. The van der Waals surface area contributed by atoms with Crippen LogP contribution in [0.3, 0.4) is 0 Å². The summed E-state index contributed by atoms with van der Waals surface area (Å²) in [5, 5.41) is 0. The number of hydrogen-bond donors (Lipinski definition) is 0. The summed E-state index contributed by atoms with van der Waals surface area (Å²) >= 11 is 0. The highest BCUT2D eigenvalue weighted by atomic mass is 28.4. The second-order valence-corrected chi connectivity index (χ2v) is 25.1. The third-order valence-corrected chi connectivity index (χ3v) is 15.7. The molecule has 0 aliphatic heterocycles. The summed E-state index contributed by atoms with van der Waals surface area (Å²) in [6.07, 6.45) is 0. The third-order valence-electron chi connectivity index (χ3n) is 2.85. The fourth-order valence-electron chi connectivity index (χ4n) is 2.04. The van der Waals surface area contributed by atoms with E-state index in [1.54, 1.807) is 0 Å². The smallest absolute Gasteiger partial charge is 0.197 e. The van der Waals surface area contributed by atoms with Gasteiger partial charge in [0.25, 0.3) is 0 Å². The standard InChI is InChI=1S/C13H34O2Si4/c1-11-17(5,6)15-19(9,10)13-12-18(7,8)14-16(2,3)4/h12-13H,11H2,1-10H3. The summed E-state index contributed by atoms with van der Waals surface area (Å²) in [7, 11) is -6.29. The average molecular weight is 335 g/mol. The molecular weight excluding hydrogens is 300 g/mol. The highest BCUT2D eigenvalue weighted by molar-refractivity contribution is 6.90. The Hall–Kier alpha value is 0.528. The first kappa shape index (κ1) is 19.5. The van der Waals surface area contributed by atoms with Gasteiger partial charge in [0.2, 0.25) is 0 Å². The van der Waals surface area contributed by atoms with Crippen LogP contribution < -0.4 is 0 Å². The van der Waals surface area contributed by atoms with Gasteiger partial charge < -0.3 is 8.23 Å². The van der Waals surface area contributed by atoms with Crippen LogP contribution in [0.15, 0.2) is 11.4 Å². The molecule has 0 unspecified atom stereocenters. The van der Waals surface area contributed by atoms with Crippen LogP contribution in [0.25, 0.3) is 0 Å². The highest BCUT2D eigenvalue weighted by Gasteiger charge is 2.32. The maximum Gasteiger partial charge on any atom is 0.197 e. The molecular formula is C13H34O2Si4. The lowest BCUT2D eigenvalue weighted by Crippen LogP contribution is -2.45. The van der Waals surface area contributed by atoms with Gasteiger partial charge in [0.05, 0.1) is 0 Å². The zero-order chi connectivity index (χ0) is 15.5. The van der Waals surface area contributed by atoms with Gasteiger partial charge in [0.15, 0.2) is 33.3 Å². The molecule has 0 aromatic heterocycles. The number of hydrogen-bond acceptors (Lipinski definition) is 2. The fraction of sp³-hybridized carbons (Fsp3) is 0.846. The van der Waals surface area contributed by atoms with Crippen LogP contribution in [0.2, 0.25) is 65.0 Å². The molecule has 0 spiro atoms. The van der Waals surface area contributed by atoms with E-state index in [-0.39, 0.29) is 0 Å². The van der Waals surface area contributed by atoms with Crippen molar-refractivity contribution in [2.45, 2.75) is 71.9 Å². The number of rotatable bonds is 7. The van der Waals surface area contributed by atoms with Gasteiger partial charge in [-0.25, -0.2) is 0 Å². The van der Waals surface area contributed by atoms with Gasteiger partial charge in [-0.05, 0) is 65.0 Å². The molecule has 0 fully saturated rings. The summed E-state index contributed by atoms with van der Waals surface area (Å²) in [6.45, 7) is 22.8. The Labute approximate surface area is 125 Å². The molecule has 2 nitrogen and oxygen atoms in total. The summed E-state index contributed by atoms with van der Waals surface area (Å²) in [5.74, 6) is 0. The third kappa shape index (κ3) is 9.97. The molecule has 0 aromatic carbocycles. The molecule has 0 atom stereocenters. The minimum atomic E-state index is -1.69. The van der Waals surface area contributed by atoms with Crippen LogP contribution in [0.1, 0.15) is 6.92 Å². The maximum atomic E-state index is 6.47. The zero-order valence-corrected chi connectivity index (χ0v) is 18.7. The van der Waals surface area contributed by atoms with Crippen molar-refractivity contribution < 1.29 is 8.23 Å². The van der Waals surface area contributed by atoms with Crippen LogP contribution in [0.5, 0.6) is 0 Å². The van der Waals surface area contributed by atoms with Crippen LogP contribution in [-0.2, 0) is 8.23 Å². The second kappa shape index (κ2) is 6.53. The lowest BCUT2D eigenvalue weighted by Gasteiger charge is -2.33. The quantitative estimate of drug-likeness (QED) is 0.601. The van der Waals surface area contributed by atoms with Gasteiger partial charge in [-0.15, -0.1) is 0 Å². The van der Waals surface area contributed by atoms with E-state index in [9.17, 15) is 0 Å². The van der Waals surface area contributed by atoms with E-state index in [0.717, 1.165) is 0 Å². The van der Waals surface area contributed by atoms with E-state index in [1.165, 1.54) is 6.04 Å². The minimum absolute atomic E-state index is 1.18. The minimum Gasteiger partial charge on any atom is -0.453 e. The SMILES string of the molecule is CC[Si](C)(C)O[Si](C)(C)C=C[Si](C)(C)O[Si](C)(C)C. The van der Waals surface area contributed by atoms with Crippen molar-refractivity contribution in [3.63, 3.8) is 0 Å². The molecule has 0 N–H and O–H groups in total. The molecule has 0 saturated heterocycles. The predicted octanol–water partition coefficient (Wildman–Crippen LogP) is 5.12. The lowest BCUT2D eigenvalue weighted by molar-refractivity contribution is 0.553. The molecule has 0 heterocycles. The molecule has 0 radical (unpaired) electrons. The normalized spacial score (nSPS) is 15.3. The molecule has 114 valence electrons. The molecule has 0 saturated carbocycles. The van der Waals surface area contributed by atoms with Crippen LogP contribution in [-0.4, -0.2) is 33.3 Å². The van der Waals surface area contributed by atoms with Crippen LogP contribution in [0.4, 0.5) is 0 Å². The van der Waals surface area contributed by atoms with Gasteiger partial charge in [-0.1, -0.05) is 18.3 Å². The van der Waals surface area contributed by atoms with Gasteiger partial charge in [0, 0.05) is 0 Å². The highest BCUT2D eigenvalue weighted by Crippen LogP contribution is 2.21. The van der Waals surface area contributed by atoms with Crippen molar-refractivity contribution in [1.29, 1.82) is 0 Å². The topological polar surface area (TPSA) is 18.5 Å². The van der Waals surface area contributed by atoms with Crippen LogP contribution >= 0.6 is 0 Å². The Kier molecular flexibility index (Phi) is 6.71. The van der Waals surface area contributed by atoms with E-state index in [2.05, 4.69) is 77.2 Å². The Balaban J connectivity index is 4.77. The average Bonchev–Trinajstić information content (AvgIpc) is 2.10. The van der Waals surface area contributed by atoms with Gasteiger partial charge in [-0.2, -0.15) is 0 Å². The predicted molar refractivity (Wildman–Crippen MR) is 97.6 cm³/mol. The van der Waals surface area contributed by atoms with Gasteiger partial charge in [0.1, 0.15) is 0 Å². The van der Waals surface area contributed by atoms with E-state index < -0.39 is 33.3 Å². The van der Waals surface area contributed by atoms with E-state index in [1.807, 2.05) is 0 Å². The lowest BCUT2D eigenvalue weighted by atomic mass is 11.0. The first-order valence-corrected chi connectivity index (χ1v) is 19.8. The van der Waals surface area contributed by atoms with E-state index in [0.29, 0.717) is 0 Å². The Morgan fingerprint density at radius 3 is 1.37 bits per heavy atom. The molecule has 0 amide bonds. The monoisotopic (exact) mass is 334 g/mol. The second-order valence-electron chi connectivity index (χ2n) is 7.97. The Morgan fingerprint density at radius 1 is 0.684 bits per heavy atom. The van der Waals surface area contributed by atoms with Crippen LogP contribution in [0, 0.1) is 0 Å². The zero-order valence-electron chi connectivity index (χ0n) is 14.7. The maximum absolute atomic E-state index is 6.47. The van der Waals surface area contributed by atoms with Crippen molar-refractivity contribution in [2.75, 3.05) is 0 Å². The van der Waals surface area contributed by atoms with E-state index >= 15 is 0 Å². The van der Waals surface area contributed by atoms with Gasteiger partial charge >= 0.3 is 0 Å². The molecule has 0 aliphatic carbocycles. The molecule has 0 rings (SSSR count). The van der Waals surface area contributed by atoms with Crippen molar-refractivity contribution in [3.8, 4) is 0 Å². The largest absolute Gasteiger partial charge is 0.453 e. The van der Waals surface area contributed by atoms with Crippen molar-refractivity contribution >= 4 is 33.3 Å². The first-order chi connectivity index (χ1) is 8.18. The van der Waals surface area contributed by atoms with Crippen molar-refractivity contribution in [1.82, 2.24) is 0 Å². The van der Waals surface area contributed by atoms with Crippen molar-refractivity contribution in [2.24, 2.45) is 0 Å². The molecule has 19 heavy (non-hydrogen) atoms. The first-order valence-electron chi connectivity index (χ1n) is 7.29. The fourth-order valence-corrected chi connectivity index (χ4v) is 18.4. The van der Waals surface area contributed by atoms with Crippen molar-refractivity contribution in [3.05, 3.63) is 11.4 Å². The summed E-state index contributed by atoms with van der Waals surface area (Å²) in [6, 6.07) is 1.18. The molecule has 0 bridgehead atoms. The summed E-state index contributed by atoms with van der Waals surface area (Å²) in [5.41, 5.74) is 4.72. The van der Waals surface area contributed by atoms with E-state index in [4.69, 9.17) is 8.23 Å². The summed E-state index contributed by atoms with van der Waals surface area (Å²) in [4.78, 5) is 0. The molecule has 0 aliphatic rings. The van der Waals surface area contributed by atoms with Gasteiger partial charge in [-0.3, -0.25) is 0 Å². The Morgan fingerprint density at radius 2 is 1.05 bits per heavy atom. The Bertz CT molecular complexity index is 317. The molecule has 6 heteroatoms. The summed E-state index contributed by atoms with van der Waals surface area (Å²) < 4.78 is 12.8.